The first-order valence-corrected chi connectivity index (χ1v) is 10.8. The molecule has 1 saturated carbocycles. The summed E-state index contributed by atoms with van der Waals surface area (Å²) < 4.78 is 51.6. The third-order valence-corrected chi connectivity index (χ3v) is 6.23. The molecule has 1 amide bonds. The molecule has 1 aliphatic heterocycles. The van der Waals surface area contributed by atoms with Gasteiger partial charge in [-0.2, -0.15) is 4.98 Å². The number of amides is 1. The highest BCUT2D eigenvalue weighted by atomic mass is 35.5. The molecule has 3 atom stereocenters. The van der Waals surface area contributed by atoms with Crippen molar-refractivity contribution in [2.75, 3.05) is 0 Å². The van der Waals surface area contributed by atoms with Gasteiger partial charge in [0.1, 0.15) is 5.75 Å². The fourth-order valence-corrected chi connectivity index (χ4v) is 4.32. The summed E-state index contributed by atoms with van der Waals surface area (Å²) in [6.45, 7) is 0. The fourth-order valence-electron chi connectivity index (χ4n) is 4.14. The number of carbonyl (C=O) groups excluding carboxylic acids is 1. The maximum Gasteiger partial charge on any atom is 0.522 e. The number of allylic oxidation sites excluding steroid dienone is 2. The normalized spacial score (nSPS) is 28.6. The molecule has 0 saturated heterocycles. The zero-order chi connectivity index (χ0) is 23.3. The van der Waals surface area contributed by atoms with Crippen molar-refractivity contribution in [1.29, 1.82) is 0 Å². The second-order valence-corrected chi connectivity index (χ2v) is 8.81. The van der Waals surface area contributed by atoms with Gasteiger partial charge in [0.05, 0.1) is 18.1 Å². The van der Waals surface area contributed by atoms with E-state index in [9.17, 15) is 23.1 Å². The molecule has 12 heteroatoms. The average molecular weight is 486 g/mol. The van der Waals surface area contributed by atoms with Crippen molar-refractivity contribution < 1.29 is 37.1 Å². The Labute approximate surface area is 190 Å². The van der Waals surface area contributed by atoms with Gasteiger partial charge in [-0.25, -0.2) is 0 Å². The predicted molar refractivity (Wildman–Crippen MR) is 106 cm³/mol. The van der Waals surface area contributed by atoms with E-state index in [0.717, 1.165) is 0 Å². The van der Waals surface area contributed by atoms with E-state index < -0.39 is 24.7 Å². The quantitative estimate of drug-likeness (QED) is 0.662. The molecule has 1 aromatic heterocycles. The van der Waals surface area contributed by atoms with Crippen LogP contribution in [-0.2, 0) is 9.53 Å². The molecule has 2 aliphatic carbocycles. The zero-order valence-corrected chi connectivity index (χ0v) is 17.8. The van der Waals surface area contributed by atoms with Gasteiger partial charge in [0.25, 0.3) is 5.91 Å². The predicted octanol–water partition coefficient (Wildman–Crippen LogP) is 3.88. The maximum atomic E-state index is 12.6. The molecule has 1 aromatic carbocycles. The van der Waals surface area contributed by atoms with Gasteiger partial charge in [0.15, 0.2) is 11.9 Å². The monoisotopic (exact) mass is 485 g/mol. The Hall–Kier alpha value is -2.63. The lowest BCUT2D eigenvalue weighted by Crippen LogP contribution is -2.42. The number of fused-ring (bicyclic) bond motifs is 1. The Morgan fingerprint density at radius 2 is 2.03 bits per heavy atom. The summed E-state index contributed by atoms with van der Waals surface area (Å²) in [5, 5.41) is 17.4. The first kappa shape index (κ1) is 22.2. The van der Waals surface area contributed by atoms with Crippen LogP contribution in [0, 0.1) is 0 Å². The highest BCUT2D eigenvalue weighted by Crippen LogP contribution is 2.42. The second-order valence-electron chi connectivity index (χ2n) is 8.38. The molecule has 5 rings (SSSR count). The van der Waals surface area contributed by atoms with Crippen LogP contribution in [0.5, 0.6) is 5.75 Å². The molecule has 2 N–H and O–H groups in total. The summed E-state index contributed by atoms with van der Waals surface area (Å²) in [6, 6.07) is 4.85. The molecule has 1 fully saturated rings. The van der Waals surface area contributed by atoms with Crippen LogP contribution in [0.15, 0.2) is 34.5 Å². The van der Waals surface area contributed by atoms with Crippen LogP contribution in [-0.4, -0.2) is 39.7 Å². The molecule has 2 heterocycles. The van der Waals surface area contributed by atoms with E-state index in [0.29, 0.717) is 40.2 Å². The molecule has 0 bridgehead atoms. The molecule has 8 nitrogen and oxygen atoms in total. The zero-order valence-electron chi connectivity index (χ0n) is 17.0. The van der Waals surface area contributed by atoms with Gasteiger partial charge in [-0.3, -0.25) is 9.53 Å². The highest BCUT2D eigenvalue weighted by molar-refractivity contribution is 6.30. The van der Waals surface area contributed by atoms with E-state index in [1.807, 2.05) is 0 Å². The minimum Gasteiger partial charge on any atom is -0.480 e. The Morgan fingerprint density at radius 3 is 2.76 bits per heavy atom. The lowest BCUT2D eigenvalue weighted by Gasteiger charge is -2.33. The van der Waals surface area contributed by atoms with Crippen molar-refractivity contribution in [3.05, 3.63) is 52.3 Å². The van der Waals surface area contributed by atoms with Crippen LogP contribution in [0.2, 0.25) is 5.02 Å². The number of aliphatic hydroxyl groups excluding tert-OH is 1. The minimum absolute atomic E-state index is 0.101. The topological polar surface area (TPSA) is 107 Å². The lowest BCUT2D eigenvalue weighted by atomic mass is 9.81. The van der Waals surface area contributed by atoms with Gasteiger partial charge in [0.2, 0.25) is 5.89 Å². The van der Waals surface area contributed by atoms with Crippen molar-refractivity contribution in [2.24, 2.45) is 0 Å². The molecule has 0 radical (unpaired) electrons. The number of nitrogens with one attached hydrogen (secondary N) is 1. The first-order valence-electron chi connectivity index (χ1n) is 10.4. The summed E-state index contributed by atoms with van der Waals surface area (Å²) in [5.41, 5.74) is 1.21. The summed E-state index contributed by atoms with van der Waals surface area (Å²) in [4.78, 5) is 16.9. The van der Waals surface area contributed by atoms with Crippen LogP contribution in [0.25, 0.3) is 0 Å². The molecule has 0 spiro atoms. The molecule has 1 unspecified atom stereocenters. The largest absolute Gasteiger partial charge is 0.522 e. The SMILES string of the molecule is O=C(NC1=CC(c2nc(C3CC(OC(F)(F)F)C3)no2)C1)[C@@H]1C[C@@H](O)c2cc(Cl)ccc2O1. The second kappa shape index (κ2) is 8.30. The van der Waals surface area contributed by atoms with Crippen LogP contribution in [0.1, 0.15) is 60.9 Å². The van der Waals surface area contributed by atoms with Crippen molar-refractivity contribution in [3.8, 4) is 5.75 Å². The number of hydrogen-bond acceptors (Lipinski definition) is 7. The summed E-state index contributed by atoms with van der Waals surface area (Å²) in [7, 11) is 0. The van der Waals surface area contributed by atoms with E-state index in [1.165, 1.54) is 0 Å². The van der Waals surface area contributed by atoms with Gasteiger partial charge < -0.3 is 19.7 Å². The van der Waals surface area contributed by atoms with Gasteiger partial charge in [-0.15, -0.1) is 13.2 Å². The number of aromatic nitrogens is 2. The number of alkyl halides is 3. The van der Waals surface area contributed by atoms with Crippen molar-refractivity contribution in [2.45, 2.75) is 62.2 Å². The van der Waals surface area contributed by atoms with Crippen LogP contribution >= 0.6 is 11.6 Å². The van der Waals surface area contributed by atoms with Crippen LogP contribution in [0.4, 0.5) is 13.2 Å². The number of carbonyl (C=O) groups is 1. The van der Waals surface area contributed by atoms with E-state index >= 15 is 0 Å². The molecular formula is C21H19ClF3N3O5. The highest BCUT2D eigenvalue weighted by Gasteiger charge is 2.42. The number of hydrogen-bond donors (Lipinski definition) is 2. The molecular weight excluding hydrogens is 467 g/mol. The smallest absolute Gasteiger partial charge is 0.480 e. The van der Waals surface area contributed by atoms with Crippen molar-refractivity contribution >= 4 is 17.5 Å². The van der Waals surface area contributed by atoms with E-state index in [2.05, 4.69) is 20.2 Å². The van der Waals surface area contributed by atoms with E-state index in [1.54, 1.807) is 24.3 Å². The summed E-state index contributed by atoms with van der Waals surface area (Å²) in [5.74, 6) is 0.321. The third-order valence-electron chi connectivity index (χ3n) is 5.99. The molecule has 2 aromatic rings. The third kappa shape index (κ3) is 4.71. The van der Waals surface area contributed by atoms with Gasteiger partial charge in [-0.05, 0) is 31.0 Å². The Bertz CT molecular complexity index is 1100. The maximum absolute atomic E-state index is 12.6. The average Bonchev–Trinajstić information content (AvgIpc) is 3.15. The van der Waals surface area contributed by atoms with Gasteiger partial charge >= 0.3 is 6.36 Å². The Morgan fingerprint density at radius 1 is 1.27 bits per heavy atom. The lowest BCUT2D eigenvalue weighted by molar-refractivity contribution is -0.352. The number of halogens is 4. The number of benzene rings is 1. The van der Waals surface area contributed by atoms with Crippen LogP contribution in [0.3, 0.4) is 0 Å². The van der Waals surface area contributed by atoms with Crippen molar-refractivity contribution in [3.63, 3.8) is 0 Å². The van der Waals surface area contributed by atoms with Gasteiger partial charge in [-0.1, -0.05) is 22.8 Å². The molecule has 3 aliphatic rings. The Balaban J connectivity index is 1.13. The van der Waals surface area contributed by atoms with Crippen molar-refractivity contribution in [1.82, 2.24) is 15.5 Å². The first-order chi connectivity index (χ1) is 15.6. The van der Waals surface area contributed by atoms with E-state index in [4.69, 9.17) is 20.9 Å². The molecule has 176 valence electrons. The van der Waals surface area contributed by atoms with Crippen LogP contribution < -0.4 is 10.1 Å². The number of aliphatic hydroxyl groups is 1. The number of nitrogens with zero attached hydrogens (tertiary/aromatic N) is 2. The van der Waals surface area contributed by atoms with Gasteiger partial charge in [0, 0.05) is 35.0 Å². The number of ether oxygens (including phenoxy) is 2. The number of rotatable bonds is 5. The summed E-state index contributed by atoms with van der Waals surface area (Å²) >= 11 is 5.94. The minimum atomic E-state index is -4.65. The summed E-state index contributed by atoms with van der Waals surface area (Å²) in [6.07, 6.45) is -4.56. The molecule has 33 heavy (non-hydrogen) atoms. The Kier molecular flexibility index (Phi) is 5.58. The fraction of sp³-hybridized carbons (Fsp3) is 0.476. The standard InChI is InChI=1S/C21H19ClF3N3O5/c22-11-1-2-16-14(7-11)15(29)8-17(31-16)19(30)26-12-3-10(4-12)20-27-18(28-33-20)9-5-13(6-9)32-21(23,24)25/h1-3,7,9-10,13,15,17,29H,4-6,8H2,(H,26,30)/t9?,10?,13?,15-,17+/m1/s1. The van der Waals surface area contributed by atoms with E-state index in [-0.39, 0.29) is 37.0 Å².